The first-order valence-corrected chi connectivity index (χ1v) is 5.21. The summed E-state index contributed by atoms with van der Waals surface area (Å²) < 4.78 is 0. The van der Waals surface area contributed by atoms with Gasteiger partial charge >= 0.3 is 0 Å². The summed E-state index contributed by atoms with van der Waals surface area (Å²) >= 11 is 0. The zero-order valence-corrected chi connectivity index (χ0v) is 9.58. The van der Waals surface area contributed by atoms with Crippen molar-refractivity contribution >= 4 is 11.6 Å². The van der Waals surface area contributed by atoms with Gasteiger partial charge < -0.3 is 10.6 Å². The van der Waals surface area contributed by atoms with E-state index >= 15 is 0 Å². The fraction of sp³-hybridized carbons (Fsp3) is 0.308. The zero-order valence-electron chi connectivity index (χ0n) is 9.58. The van der Waals surface area contributed by atoms with Crippen molar-refractivity contribution < 1.29 is 4.79 Å². The van der Waals surface area contributed by atoms with E-state index in [4.69, 9.17) is 6.42 Å². The van der Waals surface area contributed by atoms with Gasteiger partial charge in [0.25, 0.3) is 0 Å². The van der Waals surface area contributed by atoms with Crippen molar-refractivity contribution in [2.24, 2.45) is 0 Å². The third-order valence-electron chi connectivity index (χ3n) is 1.93. The van der Waals surface area contributed by atoms with Crippen LogP contribution < -0.4 is 10.6 Å². The largest absolute Gasteiger partial charge is 0.376 e. The van der Waals surface area contributed by atoms with Gasteiger partial charge in [-0.15, -0.1) is 6.42 Å². The van der Waals surface area contributed by atoms with Crippen molar-refractivity contribution in [1.82, 2.24) is 5.32 Å². The SMILES string of the molecule is C#Cc1cccc(NCC(=O)NC(C)C)c1. The van der Waals surface area contributed by atoms with Crippen LogP contribution in [0.4, 0.5) is 5.69 Å². The molecule has 1 aromatic carbocycles. The van der Waals surface area contributed by atoms with Crippen molar-refractivity contribution in [3.63, 3.8) is 0 Å². The molecule has 16 heavy (non-hydrogen) atoms. The van der Waals surface area contributed by atoms with E-state index in [0.29, 0.717) is 0 Å². The molecule has 0 bridgehead atoms. The normalized spacial score (nSPS) is 9.62. The van der Waals surface area contributed by atoms with Gasteiger partial charge in [0.15, 0.2) is 0 Å². The smallest absolute Gasteiger partial charge is 0.239 e. The predicted octanol–water partition coefficient (Wildman–Crippen LogP) is 1.60. The highest BCUT2D eigenvalue weighted by Gasteiger charge is 2.02. The van der Waals surface area contributed by atoms with Crippen LogP contribution in [-0.2, 0) is 4.79 Å². The third-order valence-corrected chi connectivity index (χ3v) is 1.93. The Balaban J connectivity index is 2.49. The zero-order chi connectivity index (χ0) is 12.0. The second-order valence-corrected chi connectivity index (χ2v) is 3.80. The van der Waals surface area contributed by atoms with Crippen LogP contribution in [0, 0.1) is 12.3 Å². The summed E-state index contributed by atoms with van der Waals surface area (Å²) in [7, 11) is 0. The van der Waals surface area contributed by atoms with E-state index in [-0.39, 0.29) is 18.5 Å². The average molecular weight is 216 g/mol. The minimum absolute atomic E-state index is 0.0267. The van der Waals surface area contributed by atoms with E-state index in [0.717, 1.165) is 11.3 Å². The highest BCUT2D eigenvalue weighted by Crippen LogP contribution is 2.08. The third kappa shape index (κ3) is 4.05. The first kappa shape index (κ1) is 12.1. The molecule has 0 saturated heterocycles. The fourth-order valence-electron chi connectivity index (χ4n) is 1.27. The Morgan fingerprint density at radius 1 is 1.50 bits per heavy atom. The maximum atomic E-state index is 11.4. The van der Waals surface area contributed by atoms with E-state index in [1.807, 2.05) is 38.1 Å². The molecule has 0 unspecified atom stereocenters. The second-order valence-electron chi connectivity index (χ2n) is 3.80. The number of rotatable bonds is 4. The minimum Gasteiger partial charge on any atom is -0.376 e. The molecule has 84 valence electrons. The van der Waals surface area contributed by atoms with Crippen LogP contribution in [0.15, 0.2) is 24.3 Å². The lowest BCUT2D eigenvalue weighted by Gasteiger charge is -2.10. The van der Waals surface area contributed by atoms with E-state index in [1.54, 1.807) is 0 Å². The topological polar surface area (TPSA) is 41.1 Å². The lowest BCUT2D eigenvalue weighted by Crippen LogP contribution is -2.34. The summed E-state index contributed by atoms with van der Waals surface area (Å²) in [4.78, 5) is 11.4. The molecule has 0 atom stereocenters. The lowest BCUT2D eigenvalue weighted by atomic mass is 10.2. The van der Waals surface area contributed by atoms with Crippen LogP contribution in [0.5, 0.6) is 0 Å². The predicted molar refractivity (Wildman–Crippen MR) is 66.1 cm³/mol. The summed E-state index contributed by atoms with van der Waals surface area (Å²) in [5.41, 5.74) is 1.66. The van der Waals surface area contributed by atoms with Crippen molar-refractivity contribution in [2.75, 3.05) is 11.9 Å². The summed E-state index contributed by atoms with van der Waals surface area (Å²) in [6.07, 6.45) is 5.28. The number of carbonyl (C=O) groups is 1. The van der Waals surface area contributed by atoms with E-state index in [2.05, 4.69) is 16.6 Å². The van der Waals surface area contributed by atoms with E-state index in [1.165, 1.54) is 0 Å². The molecule has 1 aromatic rings. The summed E-state index contributed by atoms with van der Waals surface area (Å²) in [6, 6.07) is 7.58. The van der Waals surface area contributed by atoms with Gasteiger partial charge in [0, 0.05) is 17.3 Å². The lowest BCUT2D eigenvalue weighted by molar-refractivity contribution is -0.119. The van der Waals surface area contributed by atoms with Gasteiger partial charge in [0.2, 0.25) is 5.91 Å². The first-order chi connectivity index (χ1) is 7.61. The molecule has 0 aliphatic heterocycles. The molecule has 2 N–H and O–H groups in total. The number of hydrogen-bond acceptors (Lipinski definition) is 2. The summed E-state index contributed by atoms with van der Waals surface area (Å²) in [5, 5.41) is 5.82. The molecule has 0 saturated carbocycles. The van der Waals surface area contributed by atoms with Crippen LogP contribution in [0.25, 0.3) is 0 Å². The Morgan fingerprint density at radius 3 is 2.88 bits per heavy atom. The van der Waals surface area contributed by atoms with Crippen LogP contribution in [0.1, 0.15) is 19.4 Å². The molecule has 0 radical (unpaired) electrons. The Labute approximate surface area is 96.2 Å². The standard InChI is InChI=1S/C13H16N2O/c1-4-11-6-5-7-12(8-11)14-9-13(16)15-10(2)3/h1,5-8,10,14H,9H2,2-3H3,(H,15,16). The van der Waals surface area contributed by atoms with Crippen molar-refractivity contribution in [2.45, 2.75) is 19.9 Å². The molecule has 0 heterocycles. The minimum atomic E-state index is -0.0267. The highest BCUT2D eigenvalue weighted by atomic mass is 16.1. The van der Waals surface area contributed by atoms with E-state index < -0.39 is 0 Å². The molecule has 1 rings (SSSR count). The molecular formula is C13H16N2O. The van der Waals surface area contributed by atoms with Crippen molar-refractivity contribution in [1.29, 1.82) is 0 Å². The molecule has 0 spiro atoms. The molecule has 0 aliphatic rings. The van der Waals surface area contributed by atoms with Crippen LogP contribution >= 0.6 is 0 Å². The van der Waals surface area contributed by atoms with Gasteiger partial charge in [-0.3, -0.25) is 4.79 Å². The number of terminal acetylenes is 1. The Bertz CT molecular complexity index is 405. The molecule has 3 nitrogen and oxygen atoms in total. The number of anilines is 1. The molecular weight excluding hydrogens is 200 g/mol. The monoisotopic (exact) mass is 216 g/mol. The molecule has 1 amide bonds. The molecule has 0 aliphatic carbocycles. The molecule has 3 heteroatoms. The Morgan fingerprint density at radius 2 is 2.25 bits per heavy atom. The van der Waals surface area contributed by atoms with E-state index in [9.17, 15) is 4.79 Å². The van der Waals surface area contributed by atoms with Crippen molar-refractivity contribution in [3.05, 3.63) is 29.8 Å². The number of amides is 1. The number of carbonyl (C=O) groups excluding carboxylic acids is 1. The maximum absolute atomic E-state index is 11.4. The molecule has 0 fully saturated rings. The van der Waals surface area contributed by atoms with Crippen LogP contribution in [-0.4, -0.2) is 18.5 Å². The summed E-state index contributed by atoms with van der Waals surface area (Å²) in [5.74, 6) is 2.52. The Kier molecular flexibility index (Phi) is 4.41. The van der Waals surface area contributed by atoms with Gasteiger partial charge in [-0.25, -0.2) is 0 Å². The van der Waals surface area contributed by atoms with Crippen molar-refractivity contribution in [3.8, 4) is 12.3 Å². The highest BCUT2D eigenvalue weighted by molar-refractivity contribution is 5.80. The average Bonchev–Trinajstić information content (AvgIpc) is 2.26. The quantitative estimate of drug-likeness (QED) is 0.751. The van der Waals surface area contributed by atoms with Crippen LogP contribution in [0.3, 0.4) is 0 Å². The van der Waals surface area contributed by atoms with Gasteiger partial charge in [-0.05, 0) is 32.0 Å². The van der Waals surface area contributed by atoms with Gasteiger partial charge in [0.05, 0.1) is 6.54 Å². The van der Waals surface area contributed by atoms with Gasteiger partial charge in [-0.2, -0.15) is 0 Å². The summed E-state index contributed by atoms with van der Waals surface area (Å²) in [6.45, 7) is 4.11. The number of benzene rings is 1. The fourth-order valence-corrected chi connectivity index (χ4v) is 1.27. The number of nitrogens with one attached hydrogen (secondary N) is 2. The molecule has 0 aromatic heterocycles. The van der Waals surface area contributed by atoms with Gasteiger partial charge in [0.1, 0.15) is 0 Å². The Hall–Kier alpha value is -1.95. The first-order valence-electron chi connectivity index (χ1n) is 5.21. The maximum Gasteiger partial charge on any atom is 0.239 e. The van der Waals surface area contributed by atoms with Crippen LogP contribution in [0.2, 0.25) is 0 Å². The second kappa shape index (κ2) is 5.82. The van der Waals surface area contributed by atoms with Gasteiger partial charge in [-0.1, -0.05) is 12.0 Å². The number of hydrogen-bond donors (Lipinski definition) is 2.